The average molecular weight is 293 g/mol. The van der Waals surface area contributed by atoms with Gasteiger partial charge < -0.3 is 9.64 Å². The standard InChI is InChI=1S/C17H24FNO2/c1-6-19(14-10-8-7-9-13(14)18)11-12-15(20)17(4,5)21-16(12,2)3/h7-10,12H,6,11H2,1-5H3. The molecule has 0 saturated carbocycles. The molecule has 1 aromatic rings. The predicted molar refractivity (Wildman–Crippen MR) is 82.0 cm³/mol. The highest BCUT2D eigenvalue weighted by Gasteiger charge is 2.53. The van der Waals surface area contributed by atoms with Gasteiger partial charge >= 0.3 is 0 Å². The molecule has 3 nitrogen and oxygen atoms in total. The van der Waals surface area contributed by atoms with Crippen molar-refractivity contribution >= 4 is 11.5 Å². The van der Waals surface area contributed by atoms with E-state index in [-0.39, 0.29) is 17.5 Å². The predicted octanol–water partition coefficient (Wildman–Crippen LogP) is 3.42. The third-order valence-electron chi connectivity index (χ3n) is 4.25. The van der Waals surface area contributed by atoms with E-state index < -0.39 is 11.2 Å². The topological polar surface area (TPSA) is 29.5 Å². The van der Waals surface area contributed by atoms with E-state index in [0.29, 0.717) is 18.8 Å². The maximum Gasteiger partial charge on any atom is 0.171 e. The van der Waals surface area contributed by atoms with Crippen molar-refractivity contribution in [3.8, 4) is 0 Å². The van der Waals surface area contributed by atoms with Gasteiger partial charge in [-0.05, 0) is 46.8 Å². The average Bonchev–Trinajstić information content (AvgIpc) is 2.54. The van der Waals surface area contributed by atoms with Gasteiger partial charge in [0.15, 0.2) is 5.78 Å². The smallest absolute Gasteiger partial charge is 0.171 e. The fourth-order valence-corrected chi connectivity index (χ4v) is 3.14. The van der Waals surface area contributed by atoms with Crippen LogP contribution in [0.15, 0.2) is 24.3 Å². The van der Waals surface area contributed by atoms with Crippen LogP contribution in [0.3, 0.4) is 0 Å². The number of benzene rings is 1. The number of carbonyl (C=O) groups is 1. The molecule has 0 aliphatic carbocycles. The summed E-state index contributed by atoms with van der Waals surface area (Å²) in [6.07, 6.45) is 0. The van der Waals surface area contributed by atoms with Crippen LogP contribution in [-0.4, -0.2) is 30.1 Å². The van der Waals surface area contributed by atoms with E-state index in [1.165, 1.54) is 6.07 Å². The molecule has 1 saturated heterocycles. The van der Waals surface area contributed by atoms with E-state index in [1.54, 1.807) is 26.0 Å². The van der Waals surface area contributed by atoms with E-state index in [0.717, 1.165) is 0 Å². The lowest BCUT2D eigenvalue weighted by atomic mass is 9.85. The molecule has 116 valence electrons. The number of Topliss-reactive ketones (excluding diaryl/α,β-unsaturated/α-hetero) is 1. The van der Waals surface area contributed by atoms with Crippen molar-refractivity contribution in [2.24, 2.45) is 5.92 Å². The first-order chi connectivity index (χ1) is 9.69. The largest absolute Gasteiger partial charge is 0.369 e. The zero-order valence-electron chi connectivity index (χ0n) is 13.4. The molecule has 0 spiro atoms. The second kappa shape index (κ2) is 5.41. The van der Waals surface area contributed by atoms with Gasteiger partial charge in [-0.25, -0.2) is 4.39 Å². The monoisotopic (exact) mass is 293 g/mol. The fraction of sp³-hybridized carbons (Fsp3) is 0.588. The molecule has 1 atom stereocenters. The lowest BCUT2D eigenvalue weighted by Gasteiger charge is -2.31. The Balaban J connectivity index is 2.27. The lowest BCUT2D eigenvalue weighted by Crippen LogP contribution is -2.41. The van der Waals surface area contributed by atoms with Gasteiger partial charge in [0.05, 0.1) is 17.2 Å². The normalized spacial score (nSPS) is 23.3. The SMILES string of the molecule is CCN(CC1C(=O)C(C)(C)OC1(C)C)c1ccccc1F. The number of carbonyl (C=O) groups excluding carboxylic acids is 1. The Morgan fingerprint density at radius 3 is 2.33 bits per heavy atom. The van der Waals surface area contributed by atoms with E-state index in [9.17, 15) is 9.18 Å². The van der Waals surface area contributed by atoms with Gasteiger partial charge in [0.2, 0.25) is 0 Å². The number of hydrogen-bond donors (Lipinski definition) is 0. The number of rotatable bonds is 4. The van der Waals surface area contributed by atoms with Gasteiger partial charge in [-0.1, -0.05) is 12.1 Å². The molecule has 1 unspecified atom stereocenters. The Labute approximate surface area is 126 Å². The molecule has 1 aromatic carbocycles. The van der Waals surface area contributed by atoms with Crippen LogP contribution < -0.4 is 4.90 Å². The maximum absolute atomic E-state index is 14.0. The summed E-state index contributed by atoms with van der Waals surface area (Å²) in [5.74, 6) is -0.447. The number of ether oxygens (including phenoxy) is 1. The van der Waals surface area contributed by atoms with Gasteiger partial charge in [0.1, 0.15) is 11.4 Å². The molecule has 0 aromatic heterocycles. The maximum atomic E-state index is 14.0. The summed E-state index contributed by atoms with van der Waals surface area (Å²) in [5.41, 5.74) is -0.782. The fourth-order valence-electron chi connectivity index (χ4n) is 3.14. The summed E-state index contributed by atoms with van der Waals surface area (Å²) in [6.45, 7) is 10.5. The third-order valence-corrected chi connectivity index (χ3v) is 4.25. The Morgan fingerprint density at radius 1 is 1.24 bits per heavy atom. The first-order valence-electron chi connectivity index (χ1n) is 7.43. The Kier molecular flexibility index (Phi) is 4.11. The van der Waals surface area contributed by atoms with Gasteiger partial charge in [-0.15, -0.1) is 0 Å². The summed E-state index contributed by atoms with van der Waals surface area (Å²) >= 11 is 0. The summed E-state index contributed by atoms with van der Waals surface area (Å²) in [7, 11) is 0. The second-order valence-electron chi connectivity index (χ2n) is 6.62. The molecule has 1 fully saturated rings. The second-order valence-corrected chi connectivity index (χ2v) is 6.62. The molecule has 0 amide bonds. The molecular weight excluding hydrogens is 269 g/mol. The number of para-hydroxylation sites is 1. The van der Waals surface area contributed by atoms with Crippen LogP contribution in [-0.2, 0) is 9.53 Å². The highest BCUT2D eigenvalue weighted by Crippen LogP contribution is 2.40. The Bertz CT molecular complexity index is 539. The zero-order valence-corrected chi connectivity index (χ0v) is 13.4. The summed E-state index contributed by atoms with van der Waals surface area (Å²) < 4.78 is 19.9. The quantitative estimate of drug-likeness (QED) is 0.852. The first-order valence-corrected chi connectivity index (χ1v) is 7.43. The summed E-state index contributed by atoms with van der Waals surface area (Å²) in [6, 6.07) is 6.67. The molecule has 4 heteroatoms. The molecular formula is C17H24FNO2. The van der Waals surface area contributed by atoms with Gasteiger partial charge in [-0.2, -0.15) is 0 Å². The molecule has 0 bridgehead atoms. The van der Waals surface area contributed by atoms with Gasteiger partial charge in [-0.3, -0.25) is 4.79 Å². The molecule has 1 heterocycles. The number of halogens is 1. The van der Waals surface area contributed by atoms with E-state index in [1.807, 2.05) is 31.7 Å². The Hall–Kier alpha value is -1.42. The molecule has 0 N–H and O–H groups in total. The summed E-state index contributed by atoms with van der Waals surface area (Å²) in [4.78, 5) is 14.5. The van der Waals surface area contributed by atoms with E-state index in [2.05, 4.69) is 0 Å². The highest BCUT2D eigenvalue weighted by atomic mass is 19.1. The molecule has 1 aliphatic rings. The van der Waals surface area contributed by atoms with Crippen molar-refractivity contribution in [3.63, 3.8) is 0 Å². The number of nitrogens with zero attached hydrogens (tertiary/aromatic N) is 1. The number of hydrogen-bond acceptors (Lipinski definition) is 3. The minimum atomic E-state index is -0.775. The van der Waals surface area contributed by atoms with Crippen molar-refractivity contribution in [2.45, 2.75) is 45.8 Å². The third kappa shape index (κ3) is 2.95. The molecule has 2 rings (SSSR count). The van der Waals surface area contributed by atoms with Crippen LogP contribution in [0.4, 0.5) is 10.1 Å². The van der Waals surface area contributed by atoms with Crippen molar-refractivity contribution in [2.75, 3.05) is 18.0 Å². The first kappa shape index (κ1) is 16.0. The van der Waals surface area contributed by atoms with Crippen molar-refractivity contribution < 1.29 is 13.9 Å². The number of ketones is 1. The van der Waals surface area contributed by atoms with Crippen LogP contribution >= 0.6 is 0 Å². The molecule has 0 radical (unpaired) electrons. The van der Waals surface area contributed by atoms with Gasteiger partial charge in [0.25, 0.3) is 0 Å². The zero-order chi connectivity index (χ0) is 15.8. The minimum absolute atomic E-state index is 0.0855. The van der Waals surface area contributed by atoms with Crippen LogP contribution in [0.25, 0.3) is 0 Å². The van der Waals surface area contributed by atoms with Crippen LogP contribution in [0.5, 0.6) is 0 Å². The number of anilines is 1. The van der Waals surface area contributed by atoms with E-state index >= 15 is 0 Å². The minimum Gasteiger partial charge on any atom is -0.369 e. The Morgan fingerprint density at radius 2 is 1.86 bits per heavy atom. The van der Waals surface area contributed by atoms with Crippen molar-refractivity contribution in [1.82, 2.24) is 0 Å². The van der Waals surface area contributed by atoms with Crippen molar-refractivity contribution in [3.05, 3.63) is 30.1 Å². The van der Waals surface area contributed by atoms with Crippen LogP contribution in [0, 0.1) is 11.7 Å². The molecule has 21 heavy (non-hydrogen) atoms. The highest BCUT2D eigenvalue weighted by molar-refractivity contribution is 5.92. The molecule has 1 aliphatic heterocycles. The van der Waals surface area contributed by atoms with Crippen LogP contribution in [0.2, 0.25) is 0 Å². The summed E-state index contributed by atoms with van der Waals surface area (Å²) in [5, 5.41) is 0. The van der Waals surface area contributed by atoms with Crippen LogP contribution in [0.1, 0.15) is 34.6 Å². The van der Waals surface area contributed by atoms with E-state index in [4.69, 9.17) is 4.74 Å². The van der Waals surface area contributed by atoms with Gasteiger partial charge in [0, 0.05) is 13.1 Å². The van der Waals surface area contributed by atoms with Crippen molar-refractivity contribution in [1.29, 1.82) is 0 Å². The lowest BCUT2D eigenvalue weighted by molar-refractivity contribution is -0.132.